The molecule has 0 spiro atoms. The maximum atomic E-state index is 12.3. The summed E-state index contributed by atoms with van der Waals surface area (Å²) in [4.78, 5) is 29.7. The predicted molar refractivity (Wildman–Crippen MR) is 79.4 cm³/mol. The van der Waals surface area contributed by atoms with Crippen molar-refractivity contribution in [2.75, 3.05) is 6.54 Å². The lowest BCUT2D eigenvalue weighted by Gasteiger charge is -1.97. The van der Waals surface area contributed by atoms with Crippen molar-refractivity contribution >= 4 is 33.1 Å². The van der Waals surface area contributed by atoms with Crippen LogP contribution in [0.5, 0.6) is 0 Å². The molecule has 0 aliphatic rings. The van der Waals surface area contributed by atoms with Gasteiger partial charge in [-0.1, -0.05) is 12.1 Å². The van der Waals surface area contributed by atoms with Gasteiger partial charge in [-0.15, -0.1) is 17.9 Å². The molecule has 0 saturated carbocycles. The molecule has 3 aromatic heterocycles. The van der Waals surface area contributed by atoms with Crippen molar-refractivity contribution in [3.05, 3.63) is 58.3 Å². The van der Waals surface area contributed by atoms with Crippen LogP contribution in [0.4, 0.5) is 0 Å². The second kappa shape index (κ2) is 4.90. The van der Waals surface area contributed by atoms with E-state index in [1.165, 1.54) is 15.7 Å². The van der Waals surface area contributed by atoms with Crippen LogP contribution >= 0.6 is 11.3 Å². The number of rotatable bonds is 3. The number of thiophene rings is 1. The quantitative estimate of drug-likeness (QED) is 0.747. The Kier molecular flexibility index (Phi) is 3.08. The Labute approximate surface area is 118 Å². The first-order chi connectivity index (χ1) is 9.70. The fraction of sp³-hybridized carbons (Fsp3) is 0.0714. The largest absolute Gasteiger partial charge is 0.348 e. The highest BCUT2D eigenvalue weighted by Crippen LogP contribution is 2.21. The van der Waals surface area contributed by atoms with E-state index in [1.807, 2.05) is 6.07 Å². The minimum absolute atomic E-state index is 0.162. The number of pyridine rings is 1. The topological polar surface area (TPSA) is 63.5 Å². The Morgan fingerprint density at radius 1 is 1.50 bits per heavy atom. The smallest absolute Gasteiger partial charge is 0.266 e. The summed E-state index contributed by atoms with van der Waals surface area (Å²) in [6, 6.07) is 6.94. The molecule has 5 nitrogen and oxygen atoms in total. The molecule has 0 bridgehead atoms. The summed E-state index contributed by atoms with van der Waals surface area (Å²) in [6.07, 6.45) is 3.27. The van der Waals surface area contributed by atoms with Crippen molar-refractivity contribution in [2.45, 2.75) is 0 Å². The molecule has 0 aliphatic carbocycles. The van der Waals surface area contributed by atoms with E-state index < -0.39 is 0 Å². The molecule has 0 saturated heterocycles. The van der Waals surface area contributed by atoms with E-state index in [0.717, 1.165) is 0 Å². The van der Waals surface area contributed by atoms with Gasteiger partial charge >= 0.3 is 0 Å². The summed E-state index contributed by atoms with van der Waals surface area (Å²) in [7, 11) is 0. The van der Waals surface area contributed by atoms with Crippen LogP contribution in [0.2, 0.25) is 0 Å². The molecule has 6 heteroatoms. The Balaban J connectivity index is 2.18. The molecule has 3 heterocycles. The standard InChI is InChI=1S/C14H11N3O2S/c1-2-6-15-12(18)10-8-9-13(20-10)16-11-5-3-4-7-17(11)14(9)19/h2-5,7-8H,1,6H2,(H,15,18). The van der Waals surface area contributed by atoms with Crippen LogP contribution in [0.1, 0.15) is 9.67 Å². The third kappa shape index (κ3) is 2.00. The van der Waals surface area contributed by atoms with Crippen molar-refractivity contribution in [3.63, 3.8) is 0 Å². The second-order valence-corrected chi connectivity index (χ2v) is 5.20. The molecule has 3 rings (SSSR count). The molecule has 3 aromatic rings. The first-order valence-electron chi connectivity index (χ1n) is 6.01. The molecule has 0 atom stereocenters. The van der Waals surface area contributed by atoms with Gasteiger partial charge in [-0.25, -0.2) is 4.98 Å². The highest BCUT2D eigenvalue weighted by molar-refractivity contribution is 7.20. The number of carbonyl (C=O) groups is 1. The Hall–Kier alpha value is -2.47. The molecular formula is C14H11N3O2S. The van der Waals surface area contributed by atoms with E-state index in [9.17, 15) is 9.59 Å². The lowest BCUT2D eigenvalue weighted by Crippen LogP contribution is -2.22. The van der Waals surface area contributed by atoms with Gasteiger partial charge in [-0.3, -0.25) is 14.0 Å². The summed E-state index contributed by atoms with van der Waals surface area (Å²) in [5.74, 6) is -0.221. The van der Waals surface area contributed by atoms with E-state index >= 15 is 0 Å². The van der Waals surface area contributed by atoms with Gasteiger partial charge in [0.2, 0.25) is 0 Å². The van der Waals surface area contributed by atoms with Gasteiger partial charge in [-0.2, -0.15) is 0 Å². The van der Waals surface area contributed by atoms with Crippen LogP contribution in [0.25, 0.3) is 15.9 Å². The van der Waals surface area contributed by atoms with Gasteiger partial charge < -0.3 is 5.32 Å². The molecule has 0 fully saturated rings. The van der Waals surface area contributed by atoms with E-state index in [0.29, 0.717) is 27.3 Å². The third-order valence-electron chi connectivity index (χ3n) is 2.85. The minimum Gasteiger partial charge on any atom is -0.348 e. The average Bonchev–Trinajstić information content (AvgIpc) is 2.89. The highest BCUT2D eigenvalue weighted by Gasteiger charge is 2.13. The van der Waals surface area contributed by atoms with E-state index in [4.69, 9.17) is 0 Å². The van der Waals surface area contributed by atoms with Gasteiger partial charge in [0, 0.05) is 12.7 Å². The Morgan fingerprint density at radius 3 is 3.15 bits per heavy atom. The SMILES string of the molecule is C=CCNC(=O)c1cc2c(=O)n3ccccc3nc2s1. The summed E-state index contributed by atoms with van der Waals surface area (Å²) in [5.41, 5.74) is 0.412. The minimum atomic E-state index is -0.221. The Bertz CT molecular complexity index is 879. The summed E-state index contributed by atoms with van der Waals surface area (Å²) in [5, 5.41) is 3.15. The summed E-state index contributed by atoms with van der Waals surface area (Å²) >= 11 is 1.21. The van der Waals surface area contributed by atoms with Crippen LogP contribution in [0, 0.1) is 0 Å². The maximum Gasteiger partial charge on any atom is 0.266 e. The van der Waals surface area contributed by atoms with Crippen molar-refractivity contribution in [3.8, 4) is 0 Å². The molecule has 0 aromatic carbocycles. The number of nitrogens with zero attached hydrogens (tertiary/aromatic N) is 2. The van der Waals surface area contributed by atoms with Crippen LogP contribution in [0.3, 0.4) is 0 Å². The summed E-state index contributed by atoms with van der Waals surface area (Å²) in [6.45, 7) is 3.93. The molecule has 0 unspecified atom stereocenters. The van der Waals surface area contributed by atoms with Crippen LogP contribution in [-0.4, -0.2) is 21.8 Å². The number of hydrogen-bond acceptors (Lipinski definition) is 4. The molecule has 0 aliphatic heterocycles. The van der Waals surface area contributed by atoms with Crippen molar-refractivity contribution < 1.29 is 4.79 Å². The monoisotopic (exact) mass is 285 g/mol. The average molecular weight is 285 g/mol. The summed E-state index contributed by atoms with van der Waals surface area (Å²) < 4.78 is 1.47. The maximum absolute atomic E-state index is 12.3. The van der Waals surface area contributed by atoms with Crippen molar-refractivity contribution in [1.29, 1.82) is 0 Å². The van der Waals surface area contributed by atoms with Crippen molar-refractivity contribution in [2.24, 2.45) is 0 Å². The van der Waals surface area contributed by atoms with Crippen LogP contribution in [0.15, 0.2) is 47.9 Å². The molecule has 1 amide bonds. The fourth-order valence-electron chi connectivity index (χ4n) is 1.91. The van der Waals surface area contributed by atoms with Crippen molar-refractivity contribution in [1.82, 2.24) is 14.7 Å². The van der Waals surface area contributed by atoms with Gasteiger partial charge in [0.1, 0.15) is 10.5 Å². The molecule has 0 radical (unpaired) electrons. The van der Waals surface area contributed by atoms with E-state index in [2.05, 4.69) is 16.9 Å². The first kappa shape index (κ1) is 12.6. The van der Waals surface area contributed by atoms with Crippen LogP contribution < -0.4 is 10.9 Å². The zero-order valence-electron chi connectivity index (χ0n) is 10.5. The predicted octanol–water partition coefficient (Wildman–Crippen LogP) is 1.82. The number of aromatic nitrogens is 2. The molecule has 1 N–H and O–H groups in total. The number of fused-ring (bicyclic) bond motifs is 2. The lowest BCUT2D eigenvalue weighted by atomic mass is 10.3. The zero-order valence-corrected chi connectivity index (χ0v) is 11.3. The van der Waals surface area contributed by atoms with Crippen LogP contribution in [-0.2, 0) is 0 Å². The lowest BCUT2D eigenvalue weighted by molar-refractivity contribution is 0.0962. The molecule has 20 heavy (non-hydrogen) atoms. The van der Waals surface area contributed by atoms with Gasteiger partial charge in [-0.05, 0) is 18.2 Å². The van der Waals surface area contributed by atoms with Gasteiger partial charge in [0.05, 0.1) is 10.3 Å². The first-order valence-corrected chi connectivity index (χ1v) is 6.82. The van der Waals surface area contributed by atoms with Gasteiger partial charge in [0.25, 0.3) is 11.5 Å². The number of nitrogens with one attached hydrogen (secondary N) is 1. The molecular weight excluding hydrogens is 274 g/mol. The van der Waals surface area contributed by atoms with Gasteiger partial charge in [0.15, 0.2) is 0 Å². The zero-order chi connectivity index (χ0) is 14.1. The number of amides is 1. The third-order valence-corrected chi connectivity index (χ3v) is 3.87. The fourth-order valence-corrected chi connectivity index (χ4v) is 2.86. The molecule has 100 valence electrons. The number of hydrogen-bond donors (Lipinski definition) is 1. The highest BCUT2D eigenvalue weighted by atomic mass is 32.1. The van der Waals surface area contributed by atoms with E-state index in [-0.39, 0.29) is 11.5 Å². The van der Waals surface area contributed by atoms with E-state index in [1.54, 1.807) is 30.5 Å². The second-order valence-electron chi connectivity index (χ2n) is 4.17. The Morgan fingerprint density at radius 2 is 2.35 bits per heavy atom. The number of carbonyl (C=O) groups excluding carboxylic acids is 1. The normalized spacial score (nSPS) is 10.8.